The second kappa shape index (κ2) is 10.3. The zero-order chi connectivity index (χ0) is 23.7. The van der Waals surface area contributed by atoms with Gasteiger partial charge in [0.25, 0.3) is 0 Å². The van der Waals surface area contributed by atoms with Crippen LogP contribution in [0.5, 0.6) is 0 Å². The van der Waals surface area contributed by atoms with Gasteiger partial charge < -0.3 is 4.43 Å². The molecular weight excluding hydrogens is 488 g/mol. The molecule has 0 bridgehead atoms. The minimum atomic E-state index is -1.85. The standard InChI is InChI=1S/C21H32Cl2FN5OSSi/c1-21(2,3)32(5,6)30-13-12-28-10-8-7-9-11-29(28)19-14-16(25-20(27-19)31-4)15(24)18(23)26-17(14)22/h7-13H2,1-6H3. The Balaban J connectivity index is 1.98. The summed E-state index contributed by atoms with van der Waals surface area (Å²) in [6.45, 7) is 14.2. The van der Waals surface area contributed by atoms with E-state index in [-0.39, 0.29) is 20.9 Å². The average molecular weight is 521 g/mol. The molecule has 3 rings (SSSR count). The highest BCUT2D eigenvalue weighted by atomic mass is 35.5. The zero-order valence-electron chi connectivity index (χ0n) is 19.6. The van der Waals surface area contributed by atoms with Gasteiger partial charge in [0.15, 0.2) is 30.3 Å². The number of nitrogens with zero attached hydrogens (tertiary/aromatic N) is 5. The first-order valence-corrected chi connectivity index (χ1v) is 15.8. The second-order valence-electron chi connectivity index (χ2n) is 9.51. The Bertz CT molecular complexity index is 976. The van der Waals surface area contributed by atoms with Gasteiger partial charge >= 0.3 is 0 Å². The molecule has 2 aromatic heterocycles. The van der Waals surface area contributed by atoms with Crippen LogP contribution < -0.4 is 5.01 Å². The molecule has 11 heteroatoms. The van der Waals surface area contributed by atoms with Gasteiger partial charge in [-0.2, -0.15) is 0 Å². The molecular formula is C21H32Cl2FN5OSSi. The number of rotatable bonds is 6. The highest BCUT2D eigenvalue weighted by Crippen LogP contribution is 2.38. The predicted octanol–water partition coefficient (Wildman–Crippen LogP) is 6.42. The van der Waals surface area contributed by atoms with Gasteiger partial charge in [0.1, 0.15) is 10.7 Å². The van der Waals surface area contributed by atoms with E-state index in [4.69, 9.17) is 32.6 Å². The molecule has 178 valence electrons. The van der Waals surface area contributed by atoms with Crippen molar-refractivity contribution in [2.75, 3.05) is 37.5 Å². The molecule has 1 fully saturated rings. The normalized spacial score (nSPS) is 16.6. The van der Waals surface area contributed by atoms with Gasteiger partial charge in [-0.3, -0.25) is 5.01 Å². The third-order valence-corrected chi connectivity index (χ3v) is 11.9. The summed E-state index contributed by atoms with van der Waals surface area (Å²) >= 11 is 13.8. The molecule has 0 atom stereocenters. The van der Waals surface area contributed by atoms with Gasteiger partial charge in [-0.25, -0.2) is 24.4 Å². The van der Waals surface area contributed by atoms with Gasteiger partial charge in [-0.1, -0.05) is 62.2 Å². The van der Waals surface area contributed by atoms with E-state index in [0.717, 1.165) is 32.4 Å². The molecule has 32 heavy (non-hydrogen) atoms. The predicted molar refractivity (Wildman–Crippen MR) is 135 cm³/mol. The number of aromatic nitrogens is 3. The summed E-state index contributed by atoms with van der Waals surface area (Å²) in [4.78, 5) is 13.1. The van der Waals surface area contributed by atoms with Crippen LogP contribution in [0.1, 0.15) is 40.0 Å². The summed E-state index contributed by atoms with van der Waals surface area (Å²) in [5.41, 5.74) is 0.103. The van der Waals surface area contributed by atoms with E-state index in [9.17, 15) is 4.39 Å². The number of hydrogen-bond donors (Lipinski definition) is 0. The number of anilines is 1. The molecule has 0 spiro atoms. The zero-order valence-corrected chi connectivity index (χ0v) is 23.0. The van der Waals surface area contributed by atoms with Crippen LogP contribution in [0.25, 0.3) is 10.9 Å². The first-order valence-electron chi connectivity index (χ1n) is 10.9. The molecule has 0 radical (unpaired) electrons. The van der Waals surface area contributed by atoms with E-state index in [1.807, 2.05) is 6.26 Å². The van der Waals surface area contributed by atoms with Crippen LogP contribution in [-0.4, -0.2) is 60.8 Å². The fourth-order valence-corrected chi connectivity index (χ4v) is 5.31. The summed E-state index contributed by atoms with van der Waals surface area (Å²) in [5.74, 6) is -0.103. The average Bonchev–Trinajstić information content (AvgIpc) is 2.95. The number of halogens is 3. The van der Waals surface area contributed by atoms with Crippen molar-refractivity contribution in [1.29, 1.82) is 0 Å². The quantitative estimate of drug-likeness (QED) is 0.189. The Morgan fingerprint density at radius 2 is 1.75 bits per heavy atom. The maximum atomic E-state index is 14.9. The van der Waals surface area contributed by atoms with Crippen molar-refractivity contribution in [3.8, 4) is 0 Å². The summed E-state index contributed by atoms with van der Waals surface area (Å²) < 4.78 is 21.3. The van der Waals surface area contributed by atoms with Crippen molar-refractivity contribution in [3.63, 3.8) is 0 Å². The van der Waals surface area contributed by atoms with E-state index in [0.29, 0.717) is 29.5 Å². The third kappa shape index (κ3) is 5.50. The van der Waals surface area contributed by atoms with Gasteiger partial charge in [0.2, 0.25) is 0 Å². The SMILES string of the molecule is CSc1nc(N2CCCCCN2CCO[Si](C)(C)C(C)(C)C)c2c(Cl)nc(Cl)c(F)c2n1. The van der Waals surface area contributed by atoms with Crippen molar-refractivity contribution in [1.82, 2.24) is 20.0 Å². The first-order chi connectivity index (χ1) is 15.0. The number of thioether (sulfide) groups is 1. The Kier molecular flexibility index (Phi) is 8.32. The molecule has 0 aliphatic carbocycles. The molecule has 1 saturated heterocycles. The minimum absolute atomic E-state index is 0.103. The Hall–Kier alpha value is -0.713. The number of pyridine rings is 1. The van der Waals surface area contributed by atoms with Crippen molar-refractivity contribution in [2.45, 2.75) is 63.3 Å². The summed E-state index contributed by atoms with van der Waals surface area (Å²) in [7, 11) is -1.85. The van der Waals surface area contributed by atoms with Gasteiger partial charge in [0.05, 0.1) is 5.39 Å². The third-order valence-electron chi connectivity index (χ3n) is 6.33. The van der Waals surface area contributed by atoms with E-state index in [1.165, 1.54) is 11.8 Å². The molecule has 0 amide bonds. The largest absolute Gasteiger partial charge is 0.415 e. The van der Waals surface area contributed by atoms with E-state index in [1.54, 1.807) is 0 Å². The van der Waals surface area contributed by atoms with Gasteiger partial charge in [-0.05, 0) is 37.2 Å². The lowest BCUT2D eigenvalue weighted by Gasteiger charge is -2.38. The van der Waals surface area contributed by atoms with Crippen LogP contribution >= 0.6 is 35.0 Å². The molecule has 6 nitrogen and oxygen atoms in total. The van der Waals surface area contributed by atoms with E-state index >= 15 is 0 Å². The van der Waals surface area contributed by atoms with Crippen molar-refractivity contribution >= 4 is 60.0 Å². The lowest BCUT2D eigenvalue weighted by atomic mass is 10.2. The highest BCUT2D eigenvalue weighted by molar-refractivity contribution is 7.98. The monoisotopic (exact) mass is 519 g/mol. The van der Waals surface area contributed by atoms with Crippen LogP contribution in [0.15, 0.2) is 5.16 Å². The van der Waals surface area contributed by atoms with Crippen molar-refractivity contribution < 1.29 is 8.82 Å². The lowest BCUT2D eigenvalue weighted by molar-refractivity contribution is 0.190. The lowest BCUT2D eigenvalue weighted by Crippen LogP contribution is -2.47. The van der Waals surface area contributed by atoms with Gasteiger partial charge in [-0.15, -0.1) is 0 Å². The van der Waals surface area contributed by atoms with Gasteiger partial charge in [0, 0.05) is 26.2 Å². The molecule has 1 aliphatic heterocycles. The van der Waals surface area contributed by atoms with Crippen molar-refractivity contribution in [2.24, 2.45) is 0 Å². The number of hydrazine groups is 1. The summed E-state index contributed by atoms with van der Waals surface area (Å²) in [5, 5.41) is 5.18. The molecule has 1 aliphatic rings. The number of fused-ring (bicyclic) bond motifs is 1. The molecule has 0 saturated carbocycles. The molecule has 0 unspecified atom stereocenters. The second-order valence-corrected chi connectivity index (χ2v) is 15.8. The smallest absolute Gasteiger partial charge is 0.192 e. The molecule has 0 aromatic carbocycles. The fourth-order valence-electron chi connectivity index (χ4n) is 3.43. The minimum Gasteiger partial charge on any atom is -0.415 e. The maximum absolute atomic E-state index is 14.9. The first kappa shape index (κ1) is 25.9. The topological polar surface area (TPSA) is 54.4 Å². The Morgan fingerprint density at radius 1 is 1.06 bits per heavy atom. The van der Waals surface area contributed by atoms with E-state index in [2.05, 4.69) is 53.9 Å². The van der Waals surface area contributed by atoms with Crippen LogP contribution in [0.2, 0.25) is 28.4 Å². The molecule has 2 aromatic rings. The summed E-state index contributed by atoms with van der Waals surface area (Å²) in [6, 6.07) is 0. The molecule has 0 N–H and O–H groups in total. The molecule has 3 heterocycles. The van der Waals surface area contributed by atoms with Crippen LogP contribution in [0.4, 0.5) is 10.2 Å². The number of hydrogen-bond acceptors (Lipinski definition) is 7. The fraction of sp³-hybridized carbons (Fsp3) is 0.667. The Morgan fingerprint density at radius 3 is 2.41 bits per heavy atom. The van der Waals surface area contributed by atoms with Crippen LogP contribution in [0.3, 0.4) is 0 Å². The Labute approximate surface area is 205 Å². The summed E-state index contributed by atoms with van der Waals surface area (Å²) in [6.07, 6.45) is 5.04. The van der Waals surface area contributed by atoms with Crippen LogP contribution in [0, 0.1) is 5.82 Å². The van der Waals surface area contributed by atoms with E-state index < -0.39 is 14.1 Å². The van der Waals surface area contributed by atoms with Crippen LogP contribution in [-0.2, 0) is 4.43 Å². The maximum Gasteiger partial charge on any atom is 0.192 e. The highest BCUT2D eigenvalue weighted by Gasteiger charge is 2.37. The van der Waals surface area contributed by atoms with Crippen molar-refractivity contribution in [3.05, 3.63) is 16.1 Å².